The normalized spacial score (nSPS) is 39.5. The van der Waals surface area contributed by atoms with Crippen molar-refractivity contribution in [1.82, 2.24) is 0 Å². The lowest BCUT2D eigenvalue weighted by atomic mass is 9.44. The number of carbonyl (C=O) groups excluding carboxylic acids is 1. The van der Waals surface area contributed by atoms with Gasteiger partial charge in [0, 0.05) is 6.42 Å². The zero-order valence-electron chi connectivity index (χ0n) is 27.2. The summed E-state index contributed by atoms with van der Waals surface area (Å²) >= 11 is 0. The van der Waals surface area contributed by atoms with Crippen LogP contribution in [0.3, 0.4) is 0 Å². The summed E-state index contributed by atoms with van der Waals surface area (Å²) in [4.78, 5) is 12.6. The molecule has 4 aliphatic rings. The van der Waals surface area contributed by atoms with Crippen molar-refractivity contribution < 1.29 is 9.53 Å². The number of fused-ring (bicyclic) bond motifs is 5. The highest BCUT2D eigenvalue weighted by molar-refractivity contribution is 5.69. The van der Waals surface area contributed by atoms with Crippen molar-refractivity contribution in [2.75, 3.05) is 0 Å². The third-order valence-electron chi connectivity index (χ3n) is 13.6. The maximum Gasteiger partial charge on any atom is 0.306 e. The van der Waals surface area contributed by atoms with Gasteiger partial charge in [-0.15, -0.1) is 0 Å². The van der Waals surface area contributed by atoms with E-state index in [4.69, 9.17) is 4.74 Å². The average Bonchev–Trinajstić information content (AvgIpc) is 3.26. The Labute approximate surface area is 243 Å². The molecule has 0 saturated heterocycles. The smallest absolute Gasteiger partial charge is 0.306 e. The van der Waals surface area contributed by atoms with Gasteiger partial charge in [0.1, 0.15) is 6.10 Å². The Morgan fingerprint density at radius 2 is 1.49 bits per heavy atom. The van der Waals surface area contributed by atoms with Gasteiger partial charge in [-0.05, 0) is 122 Å². The van der Waals surface area contributed by atoms with Crippen molar-refractivity contribution in [2.24, 2.45) is 58.2 Å². The van der Waals surface area contributed by atoms with E-state index in [1.54, 1.807) is 0 Å². The number of carbonyl (C=O) groups is 1. The van der Waals surface area contributed by atoms with Crippen LogP contribution in [0.25, 0.3) is 0 Å². The summed E-state index contributed by atoms with van der Waals surface area (Å²) in [6.45, 7) is 17.5. The van der Waals surface area contributed by atoms with Crippen LogP contribution in [-0.2, 0) is 9.53 Å². The fraction of sp³-hybridized carbons (Fsp3) is 0.973. The van der Waals surface area contributed by atoms with Crippen molar-refractivity contribution in [3.8, 4) is 0 Å². The number of rotatable bonds is 13. The van der Waals surface area contributed by atoms with Gasteiger partial charge in [-0.2, -0.15) is 0 Å². The molecule has 0 aliphatic heterocycles. The number of unbranched alkanes of at least 4 members (excludes halogenated alkanes) is 5. The van der Waals surface area contributed by atoms with Gasteiger partial charge in [0.15, 0.2) is 0 Å². The number of esters is 1. The summed E-state index contributed by atoms with van der Waals surface area (Å²) in [6, 6.07) is 0. The summed E-state index contributed by atoms with van der Waals surface area (Å²) in [6.07, 6.45) is 23.3. The van der Waals surface area contributed by atoms with E-state index in [0.717, 1.165) is 66.6 Å². The van der Waals surface area contributed by atoms with Crippen molar-refractivity contribution >= 4 is 5.97 Å². The summed E-state index contributed by atoms with van der Waals surface area (Å²) < 4.78 is 6.09. The monoisotopic (exact) mass is 543 g/mol. The molecular weight excluding hydrogens is 476 g/mol. The first-order valence-electron chi connectivity index (χ1n) is 17.8. The van der Waals surface area contributed by atoms with Crippen LogP contribution in [0.15, 0.2) is 0 Å². The molecule has 0 spiro atoms. The van der Waals surface area contributed by atoms with Gasteiger partial charge < -0.3 is 4.74 Å². The van der Waals surface area contributed by atoms with Crippen LogP contribution in [-0.4, -0.2) is 12.1 Å². The minimum absolute atomic E-state index is 0.0788. The van der Waals surface area contributed by atoms with E-state index in [1.807, 2.05) is 0 Å². The van der Waals surface area contributed by atoms with Crippen molar-refractivity contribution in [3.05, 3.63) is 0 Å². The SMILES string of the molecule is CCCCCCCCC(=O)OC1CC[C@@]2(C)C(CC[C@H]3[C@@H]4CC[C@H]([C@H](C)CC[C@H](C)C(C)C)[C@@]4(C)CC[C@@H]32)C1. The Bertz CT molecular complexity index is 773. The molecule has 0 aromatic heterocycles. The summed E-state index contributed by atoms with van der Waals surface area (Å²) in [5.41, 5.74) is 1.05. The molecule has 0 radical (unpaired) electrons. The highest BCUT2D eigenvalue weighted by atomic mass is 16.5. The van der Waals surface area contributed by atoms with Gasteiger partial charge in [0.25, 0.3) is 0 Å². The molecule has 4 rings (SSSR count). The number of ether oxygens (including phenoxy) is 1. The fourth-order valence-electron chi connectivity index (χ4n) is 10.7. The molecule has 226 valence electrons. The van der Waals surface area contributed by atoms with Crippen LogP contribution >= 0.6 is 0 Å². The molecule has 0 aromatic rings. The van der Waals surface area contributed by atoms with Crippen LogP contribution in [0.1, 0.15) is 164 Å². The molecular formula is C37H66O2. The van der Waals surface area contributed by atoms with Gasteiger partial charge in [-0.1, -0.05) is 93.4 Å². The molecule has 2 nitrogen and oxygen atoms in total. The van der Waals surface area contributed by atoms with Crippen LogP contribution in [0, 0.1) is 58.2 Å². The molecule has 4 saturated carbocycles. The summed E-state index contributed by atoms with van der Waals surface area (Å²) in [5, 5.41) is 0. The predicted octanol–water partition coefficient (Wildman–Crippen LogP) is 11.0. The Kier molecular flexibility index (Phi) is 11.0. The summed E-state index contributed by atoms with van der Waals surface area (Å²) in [7, 11) is 0. The molecule has 4 aliphatic carbocycles. The predicted molar refractivity (Wildman–Crippen MR) is 165 cm³/mol. The van der Waals surface area contributed by atoms with Crippen LogP contribution in [0.4, 0.5) is 0 Å². The Balaban J connectivity index is 1.29. The van der Waals surface area contributed by atoms with E-state index in [-0.39, 0.29) is 12.1 Å². The van der Waals surface area contributed by atoms with Crippen molar-refractivity contribution in [3.63, 3.8) is 0 Å². The van der Waals surface area contributed by atoms with Crippen LogP contribution in [0.5, 0.6) is 0 Å². The van der Waals surface area contributed by atoms with Gasteiger partial charge in [0.2, 0.25) is 0 Å². The molecule has 0 bridgehead atoms. The number of hydrogen-bond donors (Lipinski definition) is 0. The molecule has 39 heavy (non-hydrogen) atoms. The fourth-order valence-corrected chi connectivity index (χ4v) is 10.7. The maximum absolute atomic E-state index is 12.6. The molecule has 0 N–H and O–H groups in total. The lowest BCUT2D eigenvalue weighted by molar-refractivity contribution is -0.162. The van der Waals surface area contributed by atoms with Gasteiger partial charge in [-0.25, -0.2) is 0 Å². The zero-order valence-corrected chi connectivity index (χ0v) is 27.2. The van der Waals surface area contributed by atoms with Crippen molar-refractivity contribution in [2.45, 2.75) is 170 Å². The number of hydrogen-bond acceptors (Lipinski definition) is 2. The standard InChI is InChI=1S/C37H66O2/c1-8-9-10-11-12-13-14-35(38)39-30-21-23-36(6)29(25-30)17-18-31-33-20-19-32(37(33,7)24-22-34(31)36)28(5)16-15-27(4)26(2)3/h26-34H,8-25H2,1-7H3/t27-,28+,29?,30?,31-,32+,33-,34-,36-,37+/m0/s1. The maximum atomic E-state index is 12.6. The average molecular weight is 543 g/mol. The van der Waals surface area contributed by atoms with E-state index in [9.17, 15) is 4.79 Å². The molecule has 0 heterocycles. The van der Waals surface area contributed by atoms with Crippen LogP contribution < -0.4 is 0 Å². The van der Waals surface area contributed by atoms with E-state index < -0.39 is 0 Å². The van der Waals surface area contributed by atoms with Crippen molar-refractivity contribution in [1.29, 1.82) is 0 Å². The first-order chi connectivity index (χ1) is 18.6. The molecule has 2 heteroatoms. The quantitative estimate of drug-likeness (QED) is 0.171. The third-order valence-corrected chi connectivity index (χ3v) is 13.6. The van der Waals surface area contributed by atoms with Crippen LogP contribution in [0.2, 0.25) is 0 Å². The molecule has 4 fully saturated rings. The molecule has 0 amide bonds. The molecule has 0 aromatic carbocycles. The van der Waals surface area contributed by atoms with E-state index in [0.29, 0.717) is 17.3 Å². The summed E-state index contributed by atoms with van der Waals surface area (Å²) in [5.74, 6) is 7.14. The molecule has 10 atom stereocenters. The second kappa shape index (κ2) is 13.6. The second-order valence-electron chi connectivity index (χ2n) is 16.1. The minimum Gasteiger partial charge on any atom is -0.462 e. The first kappa shape index (κ1) is 31.4. The lowest BCUT2D eigenvalue weighted by Crippen LogP contribution is -2.54. The van der Waals surface area contributed by atoms with E-state index in [1.165, 1.54) is 89.9 Å². The highest BCUT2D eigenvalue weighted by Gasteiger charge is 2.60. The third kappa shape index (κ3) is 6.93. The zero-order chi connectivity index (χ0) is 28.2. The topological polar surface area (TPSA) is 26.3 Å². The Morgan fingerprint density at radius 1 is 0.795 bits per heavy atom. The highest BCUT2D eigenvalue weighted by Crippen LogP contribution is 2.68. The second-order valence-corrected chi connectivity index (χ2v) is 16.1. The van der Waals surface area contributed by atoms with E-state index >= 15 is 0 Å². The lowest BCUT2D eigenvalue weighted by Gasteiger charge is -2.61. The minimum atomic E-state index is 0.0788. The van der Waals surface area contributed by atoms with Gasteiger partial charge >= 0.3 is 5.97 Å². The molecule has 2 unspecified atom stereocenters. The van der Waals surface area contributed by atoms with Gasteiger partial charge in [-0.3, -0.25) is 4.79 Å². The van der Waals surface area contributed by atoms with Gasteiger partial charge in [0.05, 0.1) is 0 Å². The van der Waals surface area contributed by atoms with E-state index in [2.05, 4.69) is 48.5 Å². The Hall–Kier alpha value is -0.530. The Morgan fingerprint density at radius 3 is 2.23 bits per heavy atom. The largest absolute Gasteiger partial charge is 0.462 e. The first-order valence-corrected chi connectivity index (χ1v) is 17.8.